The van der Waals surface area contributed by atoms with Gasteiger partial charge >= 0.3 is 6.18 Å². The Labute approximate surface area is 191 Å². The number of hydrogen-bond donors (Lipinski definition) is 0. The summed E-state index contributed by atoms with van der Waals surface area (Å²) >= 11 is 0. The van der Waals surface area contributed by atoms with Crippen molar-refractivity contribution in [2.24, 2.45) is 5.18 Å². The first-order valence-corrected chi connectivity index (χ1v) is 10.0. The van der Waals surface area contributed by atoms with Gasteiger partial charge in [0.1, 0.15) is 17.0 Å². The van der Waals surface area contributed by atoms with Crippen molar-refractivity contribution < 1.29 is 22.4 Å². The number of ether oxygens (including phenoxy) is 1. The van der Waals surface area contributed by atoms with Gasteiger partial charge in [-0.15, -0.1) is 0 Å². The maximum absolute atomic E-state index is 14.2. The Hall–Kier alpha value is -4.09. The Morgan fingerprint density at radius 2 is 1.79 bits per heavy atom. The van der Waals surface area contributed by atoms with Crippen molar-refractivity contribution in [3.8, 4) is 39.7 Å². The molecule has 0 aliphatic rings. The van der Waals surface area contributed by atoms with Crippen LogP contribution in [0.25, 0.3) is 34.0 Å². The highest BCUT2D eigenvalue weighted by molar-refractivity contribution is 5.89. The van der Waals surface area contributed by atoms with E-state index in [0.717, 1.165) is 6.20 Å². The Kier molecular flexibility index (Phi) is 5.90. The molecule has 34 heavy (non-hydrogen) atoms. The summed E-state index contributed by atoms with van der Waals surface area (Å²) in [5, 5.41) is 10.9. The third-order valence-electron chi connectivity index (χ3n) is 4.98. The van der Waals surface area contributed by atoms with Crippen molar-refractivity contribution in [2.75, 3.05) is 7.11 Å². The number of nitroso groups, excluding NO2 is 1. The molecule has 4 aromatic rings. The predicted molar refractivity (Wildman–Crippen MR) is 116 cm³/mol. The standard InChI is InChI=1S/C22H19F3N6O3/c1-21(2,30-32)12-31-19(22(23,24)25)14(11-28-31)18-16(20-26-9-6-10-27-20)17(29-34-18)13-7-4-5-8-15(13)33-3/h4-11H,12H2,1-3H3. The molecule has 176 valence electrons. The van der Waals surface area contributed by atoms with Gasteiger partial charge in [-0.05, 0) is 32.0 Å². The molecule has 0 fully saturated rings. The molecule has 0 radical (unpaired) electrons. The maximum atomic E-state index is 14.2. The largest absolute Gasteiger partial charge is 0.496 e. The third kappa shape index (κ3) is 4.26. The number of nitrogens with zero attached hydrogens (tertiary/aromatic N) is 6. The quantitative estimate of drug-likeness (QED) is 0.339. The molecule has 0 saturated heterocycles. The highest BCUT2D eigenvalue weighted by atomic mass is 19.4. The number of halogens is 3. The van der Waals surface area contributed by atoms with Crippen molar-refractivity contribution in [1.82, 2.24) is 24.9 Å². The van der Waals surface area contributed by atoms with E-state index in [9.17, 15) is 18.1 Å². The van der Waals surface area contributed by atoms with Crippen LogP contribution in [0.4, 0.5) is 13.2 Å². The zero-order chi connectivity index (χ0) is 24.5. The monoisotopic (exact) mass is 472 g/mol. The summed E-state index contributed by atoms with van der Waals surface area (Å²) in [6, 6.07) is 8.44. The van der Waals surface area contributed by atoms with E-state index in [0.29, 0.717) is 16.0 Å². The molecule has 0 amide bonds. The molecular formula is C22H19F3N6O3. The summed E-state index contributed by atoms with van der Waals surface area (Å²) in [6.45, 7) is 2.44. The molecular weight excluding hydrogens is 453 g/mol. The molecule has 0 unspecified atom stereocenters. The fraction of sp³-hybridized carbons (Fsp3) is 0.273. The zero-order valence-electron chi connectivity index (χ0n) is 18.4. The molecule has 0 N–H and O–H groups in total. The lowest BCUT2D eigenvalue weighted by Gasteiger charge is -2.18. The molecule has 1 aromatic carbocycles. The first-order valence-electron chi connectivity index (χ1n) is 10.0. The Morgan fingerprint density at radius 3 is 2.44 bits per heavy atom. The number of para-hydroxylation sites is 1. The second-order valence-corrected chi connectivity index (χ2v) is 7.97. The van der Waals surface area contributed by atoms with Crippen LogP contribution >= 0.6 is 0 Å². The molecule has 12 heteroatoms. The molecule has 3 aromatic heterocycles. The first kappa shape index (κ1) is 23.1. The van der Waals surface area contributed by atoms with Gasteiger partial charge in [0, 0.05) is 18.0 Å². The Morgan fingerprint density at radius 1 is 1.09 bits per heavy atom. The van der Waals surface area contributed by atoms with Gasteiger partial charge < -0.3 is 9.26 Å². The van der Waals surface area contributed by atoms with Crippen LogP contribution in [0.2, 0.25) is 0 Å². The minimum atomic E-state index is -4.82. The predicted octanol–water partition coefficient (Wildman–Crippen LogP) is 5.23. The second kappa shape index (κ2) is 8.69. The Bertz CT molecular complexity index is 1320. The molecule has 0 bridgehead atoms. The molecule has 4 rings (SSSR count). The summed E-state index contributed by atoms with van der Waals surface area (Å²) < 4.78 is 54.2. The van der Waals surface area contributed by atoms with Crippen LogP contribution in [0, 0.1) is 4.91 Å². The SMILES string of the molecule is COc1ccccc1-c1noc(-c2cnn(CC(C)(C)N=O)c2C(F)(F)F)c1-c1ncccn1. The topological polar surface area (TPSA) is 108 Å². The number of benzene rings is 1. The summed E-state index contributed by atoms with van der Waals surface area (Å²) in [7, 11) is 1.47. The zero-order valence-corrected chi connectivity index (χ0v) is 18.4. The van der Waals surface area contributed by atoms with Crippen LogP contribution < -0.4 is 4.74 Å². The fourth-order valence-corrected chi connectivity index (χ4v) is 3.50. The minimum Gasteiger partial charge on any atom is -0.496 e. The summed E-state index contributed by atoms with van der Waals surface area (Å²) in [6.07, 6.45) is -0.894. The van der Waals surface area contributed by atoms with Crippen molar-refractivity contribution >= 4 is 0 Å². The van der Waals surface area contributed by atoms with Crippen molar-refractivity contribution in [1.29, 1.82) is 0 Å². The molecule has 9 nitrogen and oxygen atoms in total. The number of rotatable bonds is 7. The molecule has 0 spiro atoms. The lowest BCUT2D eigenvalue weighted by atomic mass is 10.0. The highest BCUT2D eigenvalue weighted by Crippen LogP contribution is 2.45. The number of hydrogen-bond acceptors (Lipinski definition) is 8. The summed E-state index contributed by atoms with van der Waals surface area (Å²) in [5.74, 6) is 0.322. The van der Waals surface area contributed by atoms with Gasteiger partial charge in [0.05, 0.1) is 31.0 Å². The van der Waals surface area contributed by atoms with Gasteiger partial charge in [0.25, 0.3) is 0 Å². The fourth-order valence-electron chi connectivity index (χ4n) is 3.50. The van der Waals surface area contributed by atoms with Gasteiger partial charge in [-0.25, -0.2) is 9.97 Å². The van der Waals surface area contributed by atoms with E-state index in [1.165, 1.54) is 33.4 Å². The van der Waals surface area contributed by atoms with E-state index in [2.05, 4.69) is 25.4 Å². The molecule has 0 aliphatic carbocycles. The number of alkyl halides is 3. The second-order valence-electron chi connectivity index (χ2n) is 7.97. The Balaban J connectivity index is 1.99. The lowest BCUT2D eigenvalue weighted by molar-refractivity contribution is -0.144. The smallest absolute Gasteiger partial charge is 0.433 e. The average Bonchev–Trinajstić information content (AvgIpc) is 3.43. The van der Waals surface area contributed by atoms with Gasteiger partial charge in [0.2, 0.25) is 0 Å². The summed E-state index contributed by atoms with van der Waals surface area (Å²) in [5.41, 5.74) is -1.97. The normalized spacial score (nSPS) is 12.1. The van der Waals surface area contributed by atoms with Crippen LogP contribution in [0.5, 0.6) is 5.75 Å². The van der Waals surface area contributed by atoms with E-state index >= 15 is 0 Å². The molecule has 0 saturated carbocycles. The van der Waals surface area contributed by atoms with Crippen LogP contribution in [0.1, 0.15) is 19.5 Å². The molecule has 0 aliphatic heterocycles. The van der Waals surface area contributed by atoms with Crippen molar-refractivity contribution in [2.45, 2.75) is 32.1 Å². The van der Waals surface area contributed by atoms with Gasteiger partial charge in [0.15, 0.2) is 17.3 Å². The number of methoxy groups -OCH3 is 1. The average molecular weight is 472 g/mol. The van der Waals surface area contributed by atoms with Crippen molar-refractivity contribution in [3.05, 3.63) is 59.5 Å². The van der Waals surface area contributed by atoms with Gasteiger partial charge in [-0.3, -0.25) is 4.68 Å². The van der Waals surface area contributed by atoms with E-state index in [-0.39, 0.29) is 28.4 Å². The van der Waals surface area contributed by atoms with Crippen LogP contribution in [-0.2, 0) is 12.7 Å². The third-order valence-corrected chi connectivity index (χ3v) is 4.98. The van der Waals surface area contributed by atoms with E-state index in [4.69, 9.17) is 9.26 Å². The van der Waals surface area contributed by atoms with Gasteiger partial charge in [-0.2, -0.15) is 23.2 Å². The van der Waals surface area contributed by atoms with Crippen LogP contribution in [-0.4, -0.2) is 37.6 Å². The molecule has 0 atom stereocenters. The highest BCUT2D eigenvalue weighted by Gasteiger charge is 2.42. The number of aromatic nitrogens is 5. The van der Waals surface area contributed by atoms with Crippen molar-refractivity contribution in [3.63, 3.8) is 0 Å². The maximum Gasteiger partial charge on any atom is 0.433 e. The summed E-state index contributed by atoms with van der Waals surface area (Å²) in [4.78, 5) is 19.5. The van der Waals surface area contributed by atoms with Crippen LogP contribution in [0.3, 0.4) is 0 Å². The van der Waals surface area contributed by atoms with E-state index < -0.39 is 24.0 Å². The van der Waals surface area contributed by atoms with E-state index in [1.807, 2.05) is 0 Å². The van der Waals surface area contributed by atoms with Crippen LogP contribution in [0.15, 0.2) is 58.6 Å². The lowest BCUT2D eigenvalue weighted by Crippen LogP contribution is -2.28. The van der Waals surface area contributed by atoms with E-state index in [1.54, 1.807) is 30.3 Å². The van der Waals surface area contributed by atoms with Gasteiger partial charge in [-0.1, -0.05) is 22.5 Å². The first-order chi connectivity index (χ1) is 16.2. The minimum absolute atomic E-state index is 0.107. The molecule has 3 heterocycles.